The fourth-order valence-electron chi connectivity index (χ4n) is 8.96. The number of hydrogen-bond donors (Lipinski definition) is 0. The van der Waals surface area contributed by atoms with E-state index < -0.39 is 0 Å². The molecule has 59 heavy (non-hydrogen) atoms. The van der Waals surface area contributed by atoms with Crippen molar-refractivity contribution in [3.8, 4) is 44.5 Å². The molecular formula is C58H39N. The Labute approximate surface area is 344 Å². The molecular weight excluding hydrogens is 711 g/mol. The van der Waals surface area contributed by atoms with Crippen LogP contribution in [0.15, 0.2) is 237 Å². The Kier molecular flexibility index (Phi) is 8.56. The van der Waals surface area contributed by atoms with Gasteiger partial charge in [-0.3, -0.25) is 0 Å². The quantitative estimate of drug-likeness (QED) is 0.147. The number of benzene rings is 11. The van der Waals surface area contributed by atoms with E-state index in [1.165, 1.54) is 87.6 Å². The van der Waals surface area contributed by atoms with Crippen LogP contribution in [0.5, 0.6) is 0 Å². The van der Waals surface area contributed by atoms with Crippen LogP contribution in [0.4, 0.5) is 17.1 Å². The Morgan fingerprint density at radius 3 is 1.29 bits per heavy atom. The third kappa shape index (κ3) is 6.21. The number of hydrogen-bond acceptors (Lipinski definition) is 1. The van der Waals surface area contributed by atoms with E-state index in [9.17, 15) is 0 Å². The summed E-state index contributed by atoms with van der Waals surface area (Å²) < 4.78 is 0. The average molecular weight is 750 g/mol. The highest BCUT2D eigenvalue weighted by atomic mass is 15.1. The first-order valence-corrected chi connectivity index (χ1v) is 20.3. The number of nitrogens with zero attached hydrogens (tertiary/aromatic N) is 1. The first-order chi connectivity index (χ1) is 29.3. The molecule has 0 aliphatic carbocycles. The summed E-state index contributed by atoms with van der Waals surface area (Å²) in [5.74, 6) is 0. The summed E-state index contributed by atoms with van der Waals surface area (Å²) in [6, 6.07) is 86.4. The van der Waals surface area contributed by atoms with Crippen molar-refractivity contribution < 1.29 is 0 Å². The molecule has 0 bridgehead atoms. The Hall–Kier alpha value is -7.74. The summed E-state index contributed by atoms with van der Waals surface area (Å²) in [4.78, 5) is 2.48. The first kappa shape index (κ1) is 34.5. The zero-order valence-corrected chi connectivity index (χ0v) is 32.5. The predicted octanol–water partition coefficient (Wildman–Crippen LogP) is 16.4. The number of fused-ring (bicyclic) bond motifs is 6. The molecule has 0 N–H and O–H groups in total. The monoisotopic (exact) mass is 749 g/mol. The maximum absolute atomic E-state index is 2.48. The van der Waals surface area contributed by atoms with Crippen LogP contribution in [0.25, 0.3) is 87.6 Å². The highest BCUT2D eigenvalue weighted by Crippen LogP contribution is 2.50. The van der Waals surface area contributed by atoms with Crippen LogP contribution < -0.4 is 4.90 Å². The zero-order valence-electron chi connectivity index (χ0n) is 32.5. The highest BCUT2D eigenvalue weighted by Gasteiger charge is 2.24. The van der Waals surface area contributed by atoms with Crippen LogP contribution in [0.1, 0.15) is 0 Å². The fraction of sp³-hybridized carbons (Fsp3) is 0. The highest BCUT2D eigenvalue weighted by molar-refractivity contribution is 6.22. The van der Waals surface area contributed by atoms with Crippen LogP contribution >= 0.6 is 0 Å². The second-order valence-electron chi connectivity index (χ2n) is 15.3. The van der Waals surface area contributed by atoms with Gasteiger partial charge in [0.25, 0.3) is 0 Å². The third-order valence-electron chi connectivity index (χ3n) is 11.8. The van der Waals surface area contributed by atoms with E-state index in [1.54, 1.807) is 0 Å². The fourth-order valence-corrected chi connectivity index (χ4v) is 8.96. The summed E-state index contributed by atoms with van der Waals surface area (Å²) in [5, 5.41) is 9.95. The van der Waals surface area contributed by atoms with Crippen molar-refractivity contribution in [2.24, 2.45) is 0 Å². The first-order valence-electron chi connectivity index (χ1n) is 20.3. The van der Waals surface area contributed by atoms with E-state index in [2.05, 4.69) is 241 Å². The molecule has 0 atom stereocenters. The van der Waals surface area contributed by atoms with Crippen molar-refractivity contribution >= 4 is 60.2 Å². The van der Waals surface area contributed by atoms with Crippen molar-refractivity contribution in [2.45, 2.75) is 0 Å². The van der Waals surface area contributed by atoms with Gasteiger partial charge in [0.1, 0.15) is 0 Å². The van der Waals surface area contributed by atoms with E-state index in [4.69, 9.17) is 0 Å². The van der Waals surface area contributed by atoms with Crippen molar-refractivity contribution in [1.82, 2.24) is 0 Å². The molecule has 0 heterocycles. The largest absolute Gasteiger partial charge is 0.309 e. The van der Waals surface area contributed by atoms with Gasteiger partial charge in [0.15, 0.2) is 0 Å². The molecule has 0 amide bonds. The standard InChI is InChI=1S/C58H39N/c1-3-14-40(15-4-1)42-30-34-49(35-31-42)59(50-36-32-43(33-37-50)47-29-28-45-27-26-44-18-7-8-21-51(44)56(45)39-47)58-55-25-12-10-23-53(55)52-22-9-11-24-54(52)57(58)48-20-13-19-46(38-48)41-16-5-2-6-17-41/h1-39H. The second kappa shape index (κ2) is 14.6. The van der Waals surface area contributed by atoms with Crippen molar-refractivity contribution in [3.63, 3.8) is 0 Å². The van der Waals surface area contributed by atoms with E-state index in [-0.39, 0.29) is 0 Å². The summed E-state index contributed by atoms with van der Waals surface area (Å²) in [5.41, 5.74) is 12.9. The summed E-state index contributed by atoms with van der Waals surface area (Å²) in [7, 11) is 0. The normalized spacial score (nSPS) is 11.4. The lowest BCUT2D eigenvalue weighted by Crippen LogP contribution is -2.12. The van der Waals surface area contributed by atoms with Gasteiger partial charge in [0, 0.05) is 22.3 Å². The van der Waals surface area contributed by atoms with Gasteiger partial charge in [0.2, 0.25) is 0 Å². The summed E-state index contributed by atoms with van der Waals surface area (Å²) >= 11 is 0. The molecule has 276 valence electrons. The average Bonchev–Trinajstić information content (AvgIpc) is 3.32. The maximum atomic E-state index is 2.48. The van der Waals surface area contributed by atoms with Crippen molar-refractivity contribution in [1.29, 1.82) is 0 Å². The smallest absolute Gasteiger partial charge is 0.0624 e. The van der Waals surface area contributed by atoms with Crippen molar-refractivity contribution in [3.05, 3.63) is 237 Å². The van der Waals surface area contributed by atoms with Gasteiger partial charge in [-0.15, -0.1) is 0 Å². The summed E-state index contributed by atoms with van der Waals surface area (Å²) in [6.45, 7) is 0. The predicted molar refractivity (Wildman–Crippen MR) is 253 cm³/mol. The molecule has 0 aromatic heterocycles. The molecule has 0 fully saturated rings. The van der Waals surface area contributed by atoms with Crippen LogP contribution in [-0.2, 0) is 0 Å². The molecule has 0 saturated heterocycles. The number of rotatable bonds is 7. The molecule has 1 nitrogen and oxygen atoms in total. The molecule has 0 saturated carbocycles. The van der Waals surface area contributed by atoms with Gasteiger partial charge in [-0.2, -0.15) is 0 Å². The molecule has 0 aliphatic rings. The van der Waals surface area contributed by atoms with E-state index >= 15 is 0 Å². The van der Waals surface area contributed by atoms with Crippen LogP contribution in [-0.4, -0.2) is 0 Å². The lowest BCUT2D eigenvalue weighted by Gasteiger charge is -2.31. The molecule has 0 unspecified atom stereocenters. The number of anilines is 3. The minimum absolute atomic E-state index is 1.09. The Balaban J connectivity index is 1.15. The van der Waals surface area contributed by atoms with Crippen molar-refractivity contribution in [2.75, 3.05) is 4.90 Å². The second-order valence-corrected chi connectivity index (χ2v) is 15.3. The van der Waals surface area contributed by atoms with Crippen LogP contribution in [0, 0.1) is 0 Å². The van der Waals surface area contributed by atoms with Crippen LogP contribution in [0.3, 0.4) is 0 Å². The molecule has 0 aliphatic heterocycles. The van der Waals surface area contributed by atoms with Gasteiger partial charge < -0.3 is 4.90 Å². The lowest BCUT2D eigenvalue weighted by molar-refractivity contribution is 1.30. The zero-order chi connectivity index (χ0) is 39.1. The topological polar surface area (TPSA) is 3.24 Å². The molecule has 11 aromatic carbocycles. The Bertz CT molecular complexity index is 3290. The van der Waals surface area contributed by atoms with Gasteiger partial charge in [-0.25, -0.2) is 0 Å². The molecule has 11 rings (SSSR count). The SMILES string of the molecule is c1ccc(-c2ccc(N(c3ccc(-c4ccc5ccc6ccccc6c5c4)cc3)c3c(-c4cccc(-c5ccccc5)c4)c4ccccc4c4ccccc34)cc2)cc1. The third-order valence-corrected chi connectivity index (χ3v) is 11.8. The minimum atomic E-state index is 1.09. The van der Waals surface area contributed by atoms with Gasteiger partial charge >= 0.3 is 0 Å². The van der Waals surface area contributed by atoms with Gasteiger partial charge in [-0.1, -0.05) is 200 Å². The van der Waals surface area contributed by atoms with E-state index in [0.717, 1.165) is 17.1 Å². The van der Waals surface area contributed by atoms with Gasteiger partial charge in [0.05, 0.1) is 5.69 Å². The lowest BCUT2D eigenvalue weighted by atomic mass is 9.88. The molecule has 11 aromatic rings. The maximum Gasteiger partial charge on any atom is 0.0624 e. The van der Waals surface area contributed by atoms with E-state index in [0.29, 0.717) is 0 Å². The summed E-state index contributed by atoms with van der Waals surface area (Å²) in [6.07, 6.45) is 0. The van der Waals surface area contributed by atoms with Crippen LogP contribution in [0.2, 0.25) is 0 Å². The molecule has 1 heteroatoms. The van der Waals surface area contributed by atoms with E-state index in [1.807, 2.05) is 0 Å². The van der Waals surface area contributed by atoms with Gasteiger partial charge in [-0.05, 0) is 113 Å². The Morgan fingerprint density at radius 1 is 0.220 bits per heavy atom. The molecule has 0 spiro atoms. The molecule has 0 radical (unpaired) electrons. The minimum Gasteiger partial charge on any atom is -0.309 e. The Morgan fingerprint density at radius 2 is 0.627 bits per heavy atom.